The molecule has 0 spiro atoms. The molecule has 2 fully saturated rings. The van der Waals surface area contributed by atoms with Gasteiger partial charge in [0.05, 0.1) is 12.0 Å². The van der Waals surface area contributed by atoms with Crippen molar-refractivity contribution in [1.82, 2.24) is 10.2 Å². The maximum atomic E-state index is 12.5. The highest BCUT2D eigenvalue weighted by molar-refractivity contribution is 5.81. The van der Waals surface area contributed by atoms with Crippen LogP contribution in [0.2, 0.25) is 0 Å². The van der Waals surface area contributed by atoms with Gasteiger partial charge in [-0.2, -0.15) is 0 Å². The maximum absolute atomic E-state index is 12.5. The third-order valence-electron chi connectivity index (χ3n) is 4.46. The molecule has 102 valence electrons. The third kappa shape index (κ3) is 2.27. The van der Waals surface area contributed by atoms with E-state index in [4.69, 9.17) is 0 Å². The number of carbonyl (C=O) groups excluding carboxylic acids is 1. The predicted octanol–water partition coefficient (Wildman–Crippen LogP) is 2.19. The molecule has 2 aliphatic rings. The van der Waals surface area contributed by atoms with Crippen LogP contribution in [0.5, 0.6) is 0 Å². The molecule has 0 aliphatic carbocycles. The van der Waals surface area contributed by atoms with Crippen molar-refractivity contribution in [3.63, 3.8) is 0 Å². The standard InChI is InChI=1S/C16H22N2O/c1-11-5-6-12(2)14(8-11)15-4-3-7-18(15)16(19)13-9-17-10-13/h5-6,8,13,15,17H,3-4,7,9-10H2,1-2H3. The van der Waals surface area contributed by atoms with Gasteiger partial charge in [0.1, 0.15) is 0 Å². The first-order chi connectivity index (χ1) is 9.16. The fourth-order valence-electron chi connectivity index (χ4n) is 3.17. The van der Waals surface area contributed by atoms with Gasteiger partial charge in [0.25, 0.3) is 0 Å². The largest absolute Gasteiger partial charge is 0.335 e. The molecule has 0 aromatic heterocycles. The van der Waals surface area contributed by atoms with Crippen molar-refractivity contribution in [3.8, 4) is 0 Å². The van der Waals surface area contributed by atoms with Crippen LogP contribution in [-0.4, -0.2) is 30.4 Å². The Hall–Kier alpha value is -1.35. The Bertz CT molecular complexity index is 494. The second-order valence-electron chi connectivity index (χ2n) is 5.90. The molecule has 0 radical (unpaired) electrons. The fraction of sp³-hybridized carbons (Fsp3) is 0.562. The Morgan fingerprint density at radius 1 is 1.32 bits per heavy atom. The van der Waals surface area contributed by atoms with E-state index in [1.54, 1.807) is 0 Å². The summed E-state index contributed by atoms with van der Waals surface area (Å²) in [4.78, 5) is 14.6. The summed E-state index contributed by atoms with van der Waals surface area (Å²) in [6.07, 6.45) is 2.24. The highest BCUT2D eigenvalue weighted by atomic mass is 16.2. The zero-order valence-electron chi connectivity index (χ0n) is 11.8. The van der Waals surface area contributed by atoms with E-state index in [9.17, 15) is 4.79 Å². The summed E-state index contributed by atoms with van der Waals surface area (Å²) < 4.78 is 0. The van der Waals surface area contributed by atoms with Crippen LogP contribution in [0.25, 0.3) is 0 Å². The number of benzene rings is 1. The van der Waals surface area contributed by atoms with E-state index in [1.165, 1.54) is 16.7 Å². The number of carbonyl (C=O) groups is 1. The van der Waals surface area contributed by atoms with E-state index >= 15 is 0 Å². The van der Waals surface area contributed by atoms with E-state index in [-0.39, 0.29) is 5.92 Å². The monoisotopic (exact) mass is 258 g/mol. The van der Waals surface area contributed by atoms with Crippen molar-refractivity contribution in [1.29, 1.82) is 0 Å². The average molecular weight is 258 g/mol. The van der Waals surface area contributed by atoms with Gasteiger partial charge in [-0.25, -0.2) is 0 Å². The number of rotatable bonds is 2. The Labute approximate surface area is 115 Å². The molecule has 1 aromatic carbocycles. The third-order valence-corrected chi connectivity index (χ3v) is 4.46. The van der Waals surface area contributed by atoms with Gasteiger partial charge in [-0.15, -0.1) is 0 Å². The van der Waals surface area contributed by atoms with Gasteiger partial charge in [0.15, 0.2) is 0 Å². The van der Waals surface area contributed by atoms with E-state index in [2.05, 4.69) is 42.3 Å². The summed E-state index contributed by atoms with van der Waals surface area (Å²) >= 11 is 0. The van der Waals surface area contributed by atoms with Crippen molar-refractivity contribution >= 4 is 5.91 Å². The van der Waals surface area contributed by atoms with Crippen LogP contribution >= 0.6 is 0 Å². The van der Waals surface area contributed by atoms with Gasteiger partial charge in [0.2, 0.25) is 5.91 Å². The van der Waals surface area contributed by atoms with Gasteiger partial charge in [0, 0.05) is 19.6 Å². The van der Waals surface area contributed by atoms with Gasteiger partial charge in [-0.3, -0.25) is 4.79 Å². The first-order valence-electron chi connectivity index (χ1n) is 7.25. The number of nitrogens with zero attached hydrogens (tertiary/aromatic N) is 1. The van der Waals surface area contributed by atoms with Gasteiger partial charge < -0.3 is 10.2 Å². The number of aryl methyl sites for hydroxylation is 2. The topological polar surface area (TPSA) is 32.3 Å². The molecule has 2 heterocycles. The zero-order chi connectivity index (χ0) is 13.4. The molecule has 1 N–H and O–H groups in total. The Morgan fingerprint density at radius 3 is 2.79 bits per heavy atom. The second-order valence-corrected chi connectivity index (χ2v) is 5.90. The van der Waals surface area contributed by atoms with E-state index < -0.39 is 0 Å². The lowest BCUT2D eigenvalue weighted by Crippen LogP contribution is -2.51. The number of likely N-dealkylation sites (tertiary alicyclic amines) is 1. The van der Waals surface area contributed by atoms with Crippen molar-refractivity contribution in [2.75, 3.05) is 19.6 Å². The van der Waals surface area contributed by atoms with Crippen LogP contribution in [0.3, 0.4) is 0 Å². The molecule has 1 unspecified atom stereocenters. The molecule has 2 aliphatic heterocycles. The van der Waals surface area contributed by atoms with Crippen molar-refractivity contribution in [2.24, 2.45) is 5.92 Å². The molecule has 0 bridgehead atoms. The second kappa shape index (κ2) is 4.97. The van der Waals surface area contributed by atoms with Crippen LogP contribution in [-0.2, 0) is 4.79 Å². The first kappa shape index (κ1) is 12.7. The Morgan fingerprint density at radius 2 is 2.11 bits per heavy atom. The van der Waals surface area contributed by atoms with E-state index in [0.29, 0.717) is 11.9 Å². The van der Waals surface area contributed by atoms with E-state index in [1.807, 2.05) is 0 Å². The van der Waals surface area contributed by atoms with Gasteiger partial charge in [-0.1, -0.05) is 23.8 Å². The normalized spacial score (nSPS) is 23.5. The van der Waals surface area contributed by atoms with Crippen molar-refractivity contribution in [2.45, 2.75) is 32.7 Å². The summed E-state index contributed by atoms with van der Waals surface area (Å²) in [5.41, 5.74) is 3.94. The van der Waals surface area contributed by atoms with Crippen LogP contribution < -0.4 is 5.32 Å². The molecule has 1 amide bonds. The molecular formula is C16H22N2O. The van der Waals surface area contributed by atoms with Crippen LogP contribution in [0.15, 0.2) is 18.2 Å². The summed E-state index contributed by atoms with van der Waals surface area (Å²) in [6.45, 7) is 6.91. The Kier molecular flexibility index (Phi) is 3.31. The average Bonchev–Trinajstić information content (AvgIpc) is 2.78. The van der Waals surface area contributed by atoms with Crippen LogP contribution in [0.1, 0.15) is 35.6 Å². The van der Waals surface area contributed by atoms with Crippen molar-refractivity contribution in [3.05, 3.63) is 34.9 Å². The first-order valence-corrected chi connectivity index (χ1v) is 7.25. The molecule has 3 rings (SSSR count). The number of hydrogen-bond acceptors (Lipinski definition) is 2. The highest BCUT2D eigenvalue weighted by Crippen LogP contribution is 2.35. The molecule has 3 nitrogen and oxygen atoms in total. The quantitative estimate of drug-likeness (QED) is 0.882. The Balaban J connectivity index is 1.86. The lowest BCUT2D eigenvalue weighted by atomic mass is 9.95. The molecule has 19 heavy (non-hydrogen) atoms. The summed E-state index contributed by atoms with van der Waals surface area (Å²) in [7, 11) is 0. The summed E-state index contributed by atoms with van der Waals surface area (Å²) in [5, 5.41) is 3.19. The smallest absolute Gasteiger partial charge is 0.228 e. The van der Waals surface area contributed by atoms with Crippen LogP contribution in [0, 0.1) is 19.8 Å². The fourth-order valence-corrected chi connectivity index (χ4v) is 3.17. The molecule has 2 saturated heterocycles. The lowest BCUT2D eigenvalue weighted by molar-refractivity contribution is -0.138. The number of amides is 1. The lowest BCUT2D eigenvalue weighted by Gasteiger charge is -2.34. The predicted molar refractivity (Wildman–Crippen MR) is 76.0 cm³/mol. The number of nitrogens with one attached hydrogen (secondary N) is 1. The molecular weight excluding hydrogens is 236 g/mol. The van der Waals surface area contributed by atoms with Gasteiger partial charge >= 0.3 is 0 Å². The SMILES string of the molecule is Cc1ccc(C)c(C2CCCN2C(=O)C2CNC2)c1. The maximum Gasteiger partial charge on any atom is 0.228 e. The molecule has 1 aromatic rings. The molecule has 3 heteroatoms. The minimum absolute atomic E-state index is 0.214. The summed E-state index contributed by atoms with van der Waals surface area (Å²) in [6, 6.07) is 6.88. The van der Waals surface area contributed by atoms with Crippen LogP contribution in [0.4, 0.5) is 0 Å². The minimum atomic E-state index is 0.214. The van der Waals surface area contributed by atoms with Gasteiger partial charge in [-0.05, 0) is 37.8 Å². The minimum Gasteiger partial charge on any atom is -0.335 e. The van der Waals surface area contributed by atoms with E-state index in [0.717, 1.165) is 32.5 Å². The zero-order valence-corrected chi connectivity index (χ0v) is 11.8. The van der Waals surface area contributed by atoms with Crippen molar-refractivity contribution < 1.29 is 4.79 Å². The molecule has 1 atom stereocenters. The molecule has 0 saturated carbocycles. The highest BCUT2D eigenvalue weighted by Gasteiger charge is 2.36. The summed E-state index contributed by atoms with van der Waals surface area (Å²) in [5.74, 6) is 0.563. The number of hydrogen-bond donors (Lipinski definition) is 1.